The summed E-state index contributed by atoms with van der Waals surface area (Å²) in [4.78, 5) is 12.0. The number of ketones is 1. The fraction of sp³-hybridized carbons (Fsp3) is 0.188. The average Bonchev–Trinajstić information content (AvgIpc) is 2.46. The number of carbonyl (C=O) groups excluding carboxylic acids is 1. The Morgan fingerprint density at radius 3 is 2.71 bits per heavy atom. The van der Waals surface area contributed by atoms with Crippen molar-refractivity contribution >= 4 is 5.78 Å². The molecule has 0 bridgehead atoms. The summed E-state index contributed by atoms with van der Waals surface area (Å²) in [5.74, 6) is -0.550. The van der Waals surface area contributed by atoms with Gasteiger partial charge in [0.1, 0.15) is 17.7 Å². The monoisotopic (exact) mass is 292 g/mol. The first-order chi connectivity index (χ1) is 10.0. The van der Waals surface area contributed by atoms with Gasteiger partial charge in [-0.25, -0.2) is 13.2 Å². The summed E-state index contributed by atoms with van der Waals surface area (Å²) >= 11 is 0. The van der Waals surface area contributed by atoms with E-state index in [4.69, 9.17) is 4.74 Å². The van der Waals surface area contributed by atoms with Gasteiger partial charge in [-0.3, -0.25) is 4.79 Å². The first-order valence-corrected chi connectivity index (χ1v) is 6.42. The number of rotatable bonds is 2. The predicted molar refractivity (Wildman–Crippen MR) is 70.1 cm³/mol. The second-order valence-electron chi connectivity index (χ2n) is 4.85. The van der Waals surface area contributed by atoms with Crippen molar-refractivity contribution in [2.24, 2.45) is 0 Å². The fourth-order valence-electron chi connectivity index (χ4n) is 2.38. The normalized spacial score (nSPS) is 17.5. The van der Waals surface area contributed by atoms with E-state index in [0.717, 1.165) is 6.07 Å². The minimum absolute atomic E-state index is 0.0469. The maximum absolute atomic E-state index is 13.2. The molecule has 0 amide bonds. The van der Waals surface area contributed by atoms with Crippen LogP contribution in [0.15, 0.2) is 42.5 Å². The van der Waals surface area contributed by atoms with Crippen molar-refractivity contribution in [2.45, 2.75) is 19.0 Å². The van der Waals surface area contributed by atoms with Gasteiger partial charge in [0, 0.05) is 11.6 Å². The highest BCUT2D eigenvalue weighted by atomic mass is 19.3. The molecule has 0 saturated heterocycles. The van der Waals surface area contributed by atoms with Crippen molar-refractivity contribution < 1.29 is 22.7 Å². The lowest BCUT2D eigenvalue weighted by Crippen LogP contribution is -2.20. The lowest BCUT2D eigenvalue weighted by Gasteiger charge is -2.25. The van der Waals surface area contributed by atoms with Gasteiger partial charge in [-0.15, -0.1) is 0 Å². The molecule has 1 aliphatic rings. The Labute approximate surface area is 119 Å². The van der Waals surface area contributed by atoms with E-state index < -0.39 is 18.3 Å². The molecule has 1 aliphatic heterocycles. The number of carbonyl (C=O) groups is 1. The molecule has 0 aliphatic carbocycles. The lowest BCUT2D eigenvalue weighted by atomic mass is 9.95. The zero-order valence-electron chi connectivity index (χ0n) is 10.9. The number of hydrogen-bond acceptors (Lipinski definition) is 2. The smallest absolute Gasteiger partial charge is 0.263 e. The van der Waals surface area contributed by atoms with Crippen molar-refractivity contribution in [3.8, 4) is 5.75 Å². The van der Waals surface area contributed by atoms with Gasteiger partial charge in [0.2, 0.25) is 0 Å². The molecule has 3 rings (SSSR count). The van der Waals surface area contributed by atoms with Crippen LogP contribution in [0.5, 0.6) is 5.75 Å². The highest BCUT2D eigenvalue weighted by molar-refractivity contribution is 6.00. The highest BCUT2D eigenvalue weighted by Gasteiger charge is 2.28. The molecule has 0 radical (unpaired) electrons. The molecule has 21 heavy (non-hydrogen) atoms. The summed E-state index contributed by atoms with van der Waals surface area (Å²) in [6, 6.07) is 9.44. The summed E-state index contributed by atoms with van der Waals surface area (Å²) in [5.41, 5.74) is 0.669. The summed E-state index contributed by atoms with van der Waals surface area (Å²) < 4.78 is 44.3. The zero-order chi connectivity index (χ0) is 15.0. The molecule has 1 heterocycles. The molecule has 5 heteroatoms. The predicted octanol–water partition coefficient (Wildman–Crippen LogP) is 4.47. The fourth-order valence-corrected chi connectivity index (χ4v) is 2.38. The van der Waals surface area contributed by atoms with E-state index in [0.29, 0.717) is 11.1 Å². The Kier molecular flexibility index (Phi) is 3.41. The SMILES string of the molecule is O=C1CC(c2cccc(C(F)F)c2)Oc2cc(F)ccc21. The Bertz CT molecular complexity index is 698. The van der Waals surface area contributed by atoms with Crippen molar-refractivity contribution in [3.63, 3.8) is 0 Å². The van der Waals surface area contributed by atoms with Crippen LogP contribution in [0.1, 0.15) is 40.4 Å². The van der Waals surface area contributed by atoms with Crippen molar-refractivity contribution in [3.05, 3.63) is 65.0 Å². The number of halogens is 3. The molecule has 0 spiro atoms. The summed E-state index contributed by atoms with van der Waals surface area (Å²) in [6.07, 6.45) is -3.22. The van der Waals surface area contributed by atoms with Crippen LogP contribution in [-0.2, 0) is 0 Å². The minimum Gasteiger partial charge on any atom is -0.484 e. The summed E-state index contributed by atoms with van der Waals surface area (Å²) in [5, 5.41) is 0. The third-order valence-electron chi connectivity index (χ3n) is 3.42. The third-order valence-corrected chi connectivity index (χ3v) is 3.42. The minimum atomic E-state index is -2.59. The van der Waals surface area contributed by atoms with Crippen LogP contribution in [0.4, 0.5) is 13.2 Å². The van der Waals surface area contributed by atoms with Crippen molar-refractivity contribution in [1.29, 1.82) is 0 Å². The second-order valence-corrected chi connectivity index (χ2v) is 4.85. The van der Waals surface area contributed by atoms with Crippen LogP contribution >= 0.6 is 0 Å². The van der Waals surface area contributed by atoms with Gasteiger partial charge in [-0.2, -0.15) is 0 Å². The summed E-state index contributed by atoms with van der Waals surface area (Å²) in [7, 11) is 0. The van der Waals surface area contributed by atoms with E-state index in [1.165, 1.54) is 30.3 Å². The number of Topliss-reactive ketones (excluding diaryl/α,β-unsaturated/α-hetero) is 1. The standard InChI is InChI=1S/C16H11F3O2/c17-11-4-5-12-13(20)8-14(21-15(12)7-11)9-2-1-3-10(6-9)16(18)19/h1-7,14,16H,8H2. The largest absolute Gasteiger partial charge is 0.484 e. The van der Waals surface area contributed by atoms with Gasteiger partial charge >= 0.3 is 0 Å². The number of alkyl halides is 2. The van der Waals surface area contributed by atoms with Crippen molar-refractivity contribution in [2.75, 3.05) is 0 Å². The maximum Gasteiger partial charge on any atom is 0.263 e. The second kappa shape index (κ2) is 5.24. The van der Waals surface area contributed by atoms with Crippen LogP contribution in [0.3, 0.4) is 0 Å². The van der Waals surface area contributed by atoms with Crippen LogP contribution in [0.25, 0.3) is 0 Å². The van der Waals surface area contributed by atoms with Crippen LogP contribution < -0.4 is 4.74 Å². The van der Waals surface area contributed by atoms with Gasteiger partial charge in [0.15, 0.2) is 5.78 Å². The Balaban J connectivity index is 1.95. The number of benzene rings is 2. The molecule has 1 atom stereocenters. The molecule has 2 nitrogen and oxygen atoms in total. The van der Waals surface area contributed by atoms with E-state index in [2.05, 4.69) is 0 Å². The van der Waals surface area contributed by atoms with E-state index >= 15 is 0 Å². The topological polar surface area (TPSA) is 26.3 Å². The molecule has 0 saturated carbocycles. The Hall–Kier alpha value is -2.30. The van der Waals surface area contributed by atoms with Gasteiger partial charge in [0.25, 0.3) is 6.43 Å². The zero-order valence-corrected chi connectivity index (χ0v) is 10.9. The van der Waals surface area contributed by atoms with Crippen LogP contribution in [-0.4, -0.2) is 5.78 Å². The molecule has 0 N–H and O–H groups in total. The van der Waals surface area contributed by atoms with E-state index in [1.807, 2.05) is 0 Å². The molecule has 2 aromatic carbocycles. The molecule has 1 unspecified atom stereocenters. The van der Waals surface area contributed by atoms with Gasteiger partial charge in [-0.05, 0) is 23.8 Å². The molecular formula is C16H11F3O2. The highest BCUT2D eigenvalue weighted by Crippen LogP contribution is 2.36. The van der Waals surface area contributed by atoms with Crippen LogP contribution in [0, 0.1) is 5.82 Å². The summed E-state index contributed by atoms with van der Waals surface area (Å²) in [6.45, 7) is 0. The number of fused-ring (bicyclic) bond motifs is 1. The average molecular weight is 292 g/mol. The van der Waals surface area contributed by atoms with E-state index in [-0.39, 0.29) is 23.5 Å². The molecule has 108 valence electrons. The third kappa shape index (κ3) is 2.63. The van der Waals surface area contributed by atoms with Crippen molar-refractivity contribution in [1.82, 2.24) is 0 Å². The Morgan fingerprint density at radius 2 is 1.95 bits per heavy atom. The number of ether oxygens (including phenoxy) is 1. The molecular weight excluding hydrogens is 281 g/mol. The molecule has 0 aromatic heterocycles. The van der Waals surface area contributed by atoms with Gasteiger partial charge in [-0.1, -0.05) is 18.2 Å². The van der Waals surface area contributed by atoms with E-state index in [9.17, 15) is 18.0 Å². The van der Waals surface area contributed by atoms with Crippen LogP contribution in [0.2, 0.25) is 0 Å². The molecule has 0 fully saturated rings. The Morgan fingerprint density at radius 1 is 1.14 bits per heavy atom. The first-order valence-electron chi connectivity index (χ1n) is 6.42. The lowest BCUT2D eigenvalue weighted by molar-refractivity contribution is 0.0849. The van der Waals surface area contributed by atoms with Gasteiger partial charge in [0.05, 0.1) is 12.0 Å². The number of hydrogen-bond donors (Lipinski definition) is 0. The quantitative estimate of drug-likeness (QED) is 0.816. The van der Waals surface area contributed by atoms with E-state index in [1.54, 1.807) is 6.07 Å². The maximum atomic E-state index is 13.2. The first kappa shape index (κ1) is 13.7. The molecule has 2 aromatic rings. The van der Waals surface area contributed by atoms with Gasteiger partial charge < -0.3 is 4.74 Å².